The van der Waals surface area contributed by atoms with Crippen molar-refractivity contribution in [2.24, 2.45) is 11.8 Å². The molecule has 44 heavy (non-hydrogen) atoms. The van der Waals surface area contributed by atoms with E-state index >= 15 is 0 Å². The number of carbonyl (C=O) groups is 5. The van der Waals surface area contributed by atoms with Gasteiger partial charge >= 0.3 is 0 Å². The van der Waals surface area contributed by atoms with E-state index in [9.17, 15) is 24.0 Å². The number of aromatic nitrogens is 1. The summed E-state index contributed by atoms with van der Waals surface area (Å²) in [6.45, 7) is 11.2. The molecule has 0 aliphatic carbocycles. The van der Waals surface area contributed by atoms with Gasteiger partial charge in [-0.3, -0.25) is 24.0 Å². The summed E-state index contributed by atoms with van der Waals surface area (Å²) in [6.07, 6.45) is 0.896. The Balaban J connectivity index is 1.86. The van der Waals surface area contributed by atoms with E-state index in [-0.39, 0.29) is 29.8 Å². The third-order valence-corrected chi connectivity index (χ3v) is 8.09. The van der Waals surface area contributed by atoms with Crippen molar-refractivity contribution >= 4 is 40.9 Å². The fourth-order valence-corrected chi connectivity index (χ4v) is 5.46. The Morgan fingerprint density at radius 3 is 2.32 bits per heavy atom. The van der Waals surface area contributed by atoms with Gasteiger partial charge in [-0.25, -0.2) is 4.98 Å². The Morgan fingerprint density at radius 2 is 1.66 bits per heavy atom. The lowest BCUT2D eigenvalue weighted by Crippen LogP contribution is -2.58. The van der Waals surface area contributed by atoms with Crippen molar-refractivity contribution in [3.8, 4) is 5.75 Å². The van der Waals surface area contributed by atoms with Crippen LogP contribution < -0.4 is 31.3 Å². The monoisotopic (exact) mass is 628 g/mol. The number of nitrogens with zero attached hydrogens (tertiary/aromatic N) is 1. The van der Waals surface area contributed by atoms with Crippen LogP contribution in [-0.4, -0.2) is 71.8 Å². The first kappa shape index (κ1) is 34.5. The van der Waals surface area contributed by atoms with E-state index in [0.717, 1.165) is 10.7 Å². The third kappa shape index (κ3) is 10.0. The average Bonchev–Trinajstić information content (AvgIpc) is 3.39. The lowest BCUT2D eigenvalue weighted by Gasteiger charge is -2.28. The van der Waals surface area contributed by atoms with Crippen molar-refractivity contribution in [2.75, 3.05) is 13.2 Å². The van der Waals surface area contributed by atoms with Crippen LogP contribution in [-0.2, 0) is 25.6 Å². The van der Waals surface area contributed by atoms with Crippen molar-refractivity contribution in [3.63, 3.8) is 0 Å². The van der Waals surface area contributed by atoms with Crippen LogP contribution in [0.2, 0.25) is 0 Å². The van der Waals surface area contributed by atoms with Crippen molar-refractivity contribution < 1.29 is 28.7 Å². The highest BCUT2D eigenvalue weighted by Crippen LogP contribution is 2.19. The molecule has 0 unspecified atom stereocenters. The molecule has 13 heteroatoms. The zero-order chi connectivity index (χ0) is 32.4. The summed E-state index contributed by atoms with van der Waals surface area (Å²) >= 11 is 1.55. The zero-order valence-electron chi connectivity index (χ0n) is 26.2. The molecule has 5 N–H and O–H groups in total. The molecule has 12 nitrogen and oxygen atoms in total. The molecule has 2 aromatic rings. The number of fused-ring (bicyclic) bond motifs is 1. The average molecular weight is 629 g/mol. The Labute approximate surface area is 262 Å². The summed E-state index contributed by atoms with van der Waals surface area (Å²) in [4.78, 5) is 70.9. The van der Waals surface area contributed by atoms with Gasteiger partial charge in [0.2, 0.25) is 23.6 Å². The molecule has 0 spiro atoms. The number of ether oxygens (including phenoxy) is 1. The Bertz CT molecular complexity index is 1330. The minimum Gasteiger partial charge on any atom is -0.491 e. The van der Waals surface area contributed by atoms with Gasteiger partial charge in [-0.15, -0.1) is 11.3 Å². The van der Waals surface area contributed by atoms with Gasteiger partial charge in [-0.2, -0.15) is 0 Å². The van der Waals surface area contributed by atoms with E-state index < -0.39 is 60.1 Å². The highest BCUT2D eigenvalue weighted by Gasteiger charge is 2.33. The number of carbonyl (C=O) groups excluding carboxylic acids is 5. The molecule has 0 radical (unpaired) electrons. The van der Waals surface area contributed by atoms with E-state index in [1.54, 1.807) is 56.4 Å². The fourth-order valence-electron chi connectivity index (χ4n) is 4.64. The van der Waals surface area contributed by atoms with Crippen LogP contribution in [0.3, 0.4) is 0 Å². The molecular formula is C31H44N6O6S. The molecule has 1 aromatic heterocycles. The van der Waals surface area contributed by atoms with Gasteiger partial charge in [0.25, 0.3) is 5.91 Å². The molecule has 5 amide bonds. The predicted octanol–water partition coefficient (Wildman–Crippen LogP) is 1.87. The van der Waals surface area contributed by atoms with Gasteiger partial charge in [0.1, 0.15) is 30.5 Å². The molecule has 1 aliphatic rings. The summed E-state index contributed by atoms with van der Waals surface area (Å²) < 4.78 is 5.90. The number of hydrogen-bond acceptors (Lipinski definition) is 8. The molecule has 4 atom stereocenters. The van der Waals surface area contributed by atoms with Gasteiger partial charge in [-0.05, 0) is 44.2 Å². The van der Waals surface area contributed by atoms with Gasteiger partial charge in [0.15, 0.2) is 0 Å². The fraction of sp³-hybridized carbons (Fsp3) is 0.548. The summed E-state index contributed by atoms with van der Waals surface area (Å²) in [7, 11) is 0. The van der Waals surface area contributed by atoms with Crippen LogP contribution in [0.4, 0.5) is 0 Å². The predicted molar refractivity (Wildman–Crippen MR) is 167 cm³/mol. The van der Waals surface area contributed by atoms with Gasteiger partial charge in [0.05, 0.1) is 23.0 Å². The normalized spacial score (nSPS) is 22.2. The van der Waals surface area contributed by atoms with Gasteiger partial charge < -0.3 is 31.3 Å². The quantitative estimate of drug-likeness (QED) is 0.292. The maximum Gasteiger partial charge on any atom is 0.255 e. The van der Waals surface area contributed by atoms with E-state index in [4.69, 9.17) is 4.74 Å². The topological polar surface area (TPSA) is 168 Å². The molecular weight excluding hydrogens is 584 g/mol. The maximum absolute atomic E-state index is 13.4. The standard InChI is InChI=1S/C31H44N6O6S/c1-17(2)26-31(42)37-27(18(3)4)30(41)34-19(5)15-43-23-11-8-7-10-21(23)28(39)35-22(14-24(38)36-26)29(40)32-13-9-12-25-33-20(6)16-44-25/h7-8,10-11,16-19,22,26-27H,9,12-15H2,1-6H3,(H,32,40)(H,34,41)(H,35,39)(H,36,38)(H,37,42)/t19-,22-,26-,27+/m0/s1. The Kier molecular flexibility index (Phi) is 12.7. The molecule has 240 valence electrons. The molecule has 1 aliphatic heterocycles. The van der Waals surface area contributed by atoms with Crippen LogP contribution in [0.15, 0.2) is 29.6 Å². The molecule has 3 rings (SSSR count). The zero-order valence-corrected chi connectivity index (χ0v) is 27.0. The minimum atomic E-state index is -1.23. The molecule has 0 bridgehead atoms. The van der Waals surface area contributed by atoms with Crippen LogP contribution in [0.25, 0.3) is 0 Å². The maximum atomic E-state index is 13.4. The third-order valence-electron chi connectivity index (χ3n) is 7.07. The SMILES string of the molecule is Cc1csc(CCCNC(=O)[C@@H]2CC(=O)N[C@@H](C(C)C)C(=O)N[C@H](C(C)C)C(=O)N[C@@H](C)COc3ccccc3C(=O)N2)n1. The van der Waals surface area contributed by atoms with Crippen LogP contribution in [0.1, 0.15) is 68.5 Å². The number of benzene rings is 1. The Hall–Kier alpha value is -4.00. The number of para-hydroxylation sites is 1. The van der Waals surface area contributed by atoms with Crippen LogP contribution in [0.5, 0.6) is 5.75 Å². The summed E-state index contributed by atoms with van der Waals surface area (Å²) in [5.41, 5.74) is 1.11. The Morgan fingerprint density at radius 1 is 1.00 bits per heavy atom. The largest absolute Gasteiger partial charge is 0.491 e. The first-order valence-corrected chi connectivity index (χ1v) is 15.8. The van der Waals surface area contributed by atoms with Crippen molar-refractivity contribution in [2.45, 2.75) is 85.0 Å². The summed E-state index contributed by atoms with van der Waals surface area (Å²) in [5.74, 6) is -2.97. The first-order valence-electron chi connectivity index (χ1n) is 15.0. The van der Waals surface area contributed by atoms with E-state index in [1.807, 2.05) is 26.2 Å². The number of rotatable bonds is 7. The summed E-state index contributed by atoms with van der Waals surface area (Å²) in [5, 5.41) is 16.8. The van der Waals surface area contributed by atoms with E-state index in [0.29, 0.717) is 19.4 Å². The van der Waals surface area contributed by atoms with Gasteiger partial charge in [0, 0.05) is 24.0 Å². The molecule has 0 fully saturated rings. The van der Waals surface area contributed by atoms with Crippen molar-refractivity contribution in [1.82, 2.24) is 31.6 Å². The number of hydrogen-bond donors (Lipinski definition) is 5. The van der Waals surface area contributed by atoms with Crippen LogP contribution >= 0.6 is 11.3 Å². The second kappa shape index (κ2) is 16.2. The molecule has 0 saturated heterocycles. The van der Waals surface area contributed by atoms with Crippen LogP contribution in [0, 0.1) is 18.8 Å². The molecule has 2 heterocycles. The highest BCUT2D eigenvalue weighted by atomic mass is 32.1. The van der Waals surface area contributed by atoms with Crippen molar-refractivity contribution in [1.29, 1.82) is 0 Å². The van der Waals surface area contributed by atoms with E-state index in [1.165, 1.54) is 0 Å². The number of amides is 5. The number of nitrogens with one attached hydrogen (secondary N) is 5. The second-order valence-corrected chi connectivity index (χ2v) is 12.7. The second-order valence-electron chi connectivity index (χ2n) is 11.7. The van der Waals surface area contributed by atoms with Gasteiger partial charge in [-0.1, -0.05) is 39.8 Å². The summed E-state index contributed by atoms with van der Waals surface area (Å²) in [6, 6.07) is 3.01. The first-order chi connectivity index (χ1) is 20.8. The number of aryl methyl sites for hydroxylation is 2. The highest BCUT2D eigenvalue weighted by molar-refractivity contribution is 7.09. The smallest absolute Gasteiger partial charge is 0.255 e. The van der Waals surface area contributed by atoms with E-state index in [2.05, 4.69) is 31.6 Å². The lowest BCUT2D eigenvalue weighted by molar-refractivity contribution is -0.134. The minimum absolute atomic E-state index is 0.0476. The molecule has 1 aromatic carbocycles. The molecule has 0 saturated carbocycles. The lowest BCUT2D eigenvalue weighted by atomic mass is 9.99. The van der Waals surface area contributed by atoms with Crippen molar-refractivity contribution in [3.05, 3.63) is 45.9 Å². The number of thiazole rings is 1.